The minimum absolute atomic E-state index is 0.205. The van der Waals surface area contributed by atoms with E-state index >= 15 is 0 Å². The molecule has 0 aliphatic carbocycles. The van der Waals surface area contributed by atoms with Crippen LogP contribution in [0.3, 0.4) is 0 Å². The first-order chi connectivity index (χ1) is 8.74. The molecule has 1 aromatic heterocycles. The zero-order valence-electron chi connectivity index (χ0n) is 9.58. The summed E-state index contributed by atoms with van der Waals surface area (Å²) < 4.78 is 0. The lowest BCUT2D eigenvalue weighted by atomic mass is 10.2. The van der Waals surface area contributed by atoms with Crippen LogP contribution in [0.25, 0.3) is 0 Å². The van der Waals surface area contributed by atoms with Crippen LogP contribution in [0.15, 0.2) is 34.3 Å². The molecule has 5 nitrogen and oxygen atoms in total. The molecule has 0 saturated heterocycles. The number of nitriles is 1. The van der Waals surface area contributed by atoms with Gasteiger partial charge in [0.1, 0.15) is 22.4 Å². The summed E-state index contributed by atoms with van der Waals surface area (Å²) in [6, 6.07) is 8.69. The fraction of sp³-hybridized carbons (Fsp3) is 0.0833. The Kier molecular flexibility index (Phi) is 3.65. The maximum atomic E-state index is 9.15. The van der Waals surface area contributed by atoms with Crippen LogP contribution < -0.4 is 0 Å². The Bertz CT molecular complexity index is 610. The monoisotopic (exact) mass is 258 g/mol. The second-order valence-electron chi connectivity index (χ2n) is 3.42. The predicted molar refractivity (Wildman–Crippen MR) is 70.4 cm³/mol. The highest BCUT2D eigenvalue weighted by molar-refractivity contribution is 7.98. The second kappa shape index (κ2) is 5.38. The van der Waals surface area contributed by atoms with E-state index in [2.05, 4.69) is 21.3 Å². The lowest BCUT2D eigenvalue weighted by Gasteiger charge is -1.93. The van der Waals surface area contributed by atoms with Gasteiger partial charge < -0.3 is 5.11 Å². The normalized spacial score (nSPS) is 10.7. The van der Waals surface area contributed by atoms with Crippen molar-refractivity contribution in [3.05, 3.63) is 35.4 Å². The molecule has 18 heavy (non-hydrogen) atoms. The summed E-state index contributed by atoms with van der Waals surface area (Å²) in [4.78, 5) is 4.19. The second-order valence-corrected chi connectivity index (χ2v) is 4.21. The number of rotatable bonds is 3. The van der Waals surface area contributed by atoms with Crippen LogP contribution in [0, 0.1) is 11.3 Å². The molecule has 0 unspecified atom stereocenters. The minimum Gasteiger partial charge on any atom is -0.508 e. The third-order valence-electron chi connectivity index (χ3n) is 2.25. The highest BCUT2D eigenvalue weighted by Crippen LogP contribution is 2.25. The molecule has 2 rings (SSSR count). The van der Waals surface area contributed by atoms with E-state index in [1.807, 2.05) is 6.26 Å². The Hall–Kier alpha value is -2.26. The van der Waals surface area contributed by atoms with Crippen LogP contribution in [0.4, 0.5) is 5.82 Å². The molecule has 0 bridgehead atoms. The van der Waals surface area contributed by atoms with E-state index in [4.69, 9.17) is 10.4 Å². The number of nitrogens with zero attached hydrogens (tertiary/aromatic N) is 3. The molecule has 1 aromatic carbocycles. The molecule has 0 aliphatic heterocycles. The zero-order valence-corrected chi connectivity index (χ0v) is 10.4. The summed E-state index contributed by atoms with van der Waals surface area (Å²) in [5.41, 5.74) is 1.27. The van der Waals surface area contributed by atoms with Crippen molar-refractivity contribution in [2.45, 2.75) is 5.03 Å². The number of aromatic hydroxyl groups is 1. The van der Waals surface area contributed by atoms with Gasteiger partial charge in [0.15, 0.2) is 5.82 Å². The molecule has 0 aliphatic rings. The molecule has 1 heterocycles. The molecule has 0 atom stereocenters. The quantitative estimate of drug-likeness (QED) is 0.654. The molecule has 6 heteroatoms. The molecule has 0 saturated carbocycles. The average Bonchev–Trinajstić information content (AvgIpc) is 2.80. The smallest absolute Gasteiger partial charge is 0.167 e. The van der Waals surface area contributed by atoms with Gasteiger partial charge in [0.25, 0.3) is 0 Å². The zero-order chi connectivity index (χ0) is 13.0. The predicted octanol–water partition coefficient (Wildman–Crippen LogP) is 2.46. The van der Waals surface area contributed by atoms with Crippen molar-refractivity contribution >= 4 is 23.8 Å². The van der Waals surface area contributed by atoms with E-state index in [-0.39, 0.29) is 5.75 Å². The summed E-state index contributed by atoms with van der Waals surface area (Å²) in [5, 5.41) is 25.5. The van der Waals surface area contributed by atoms with E-state index in [0.29, 0.717) is 16.4 Å². The van der Waals surface area contributed by atoms with Crippen LogP contribution >= 0.6 is 11.8 Å². The standard InChI is InChI=1S/C12H10N4OS/c1-18-12-10(6-13)11(15-16-12)14-7-8-2-4-9(17)5-3-8/h2-5,7,17H,1H3,(H,15,16). The van der Waals surface area contributed by atoms with Crippen molar-refractivity contribution in [1.82, 2.24) is 10.2 Å². The lowest BCUT2D eigenvalue weighted by molar-refractivity contribution is 0.475. The number of hydrogen-bond donors (Lipinski definition) is 2. The third-order valence-corrected chi connectivity index (χ3v) is 2.94. The van der Waals surface area contributed by atoms with E-state index < -0.39 is 0 Å². The number of phenolic OH excluding ortho intramolecular Hbond substituents is 1. The first-order valence-corrected chi connectivity index (χ1v) is 6.32. The fourth-order valence-electron chi connectivity index (χ4n) is 1.36. The van der Waals surface area contributed by atoms with E-state index in [1.165, 1.54) is 11.8 Å². The minimum atomic E-state index is 0.205. The number of aromatic nitrogens is 2. The number of aromatic amines is 1. The maximum Gasteiger partial charge on any atom is 0.167 e. The first kappa shape index (κ1) is 12.2. The molecular weight excluding hydrogens is 248 g/mol. The highest BCUT2D eigenvalue weighted by atomic mass is 32.2. The Morgan fingerprint density at radius 2 is 2.17 bits per heavy atom. The highest BCUT2D eigenvalue weighted by Gasteiger charge is 2.10. The summed E-state index contributed by atoms with van der Waals surface area (Å²) in [5.74, 6) is 0.644. The number of thioether (sulfide) groups is 1. The Morgan fingerprint density at radius 1 is 1.44 bits per heavy atom. The van der Waals surface area contributed by atoms with Crippen molar-refractivity contribution in [2.24, 2.45) is 4.99 Å². The van der Waals surface area contributed by atoms with Crippen LogP contribution in [0.5, 0.6) is 5.75 Å². The van der Waals surface area contributed by atoms with Crippen molar-refractivity contribution in [3.63, 3.8) is 0 Å². The number of benzene rings is 1. The SMILES string of the molecule is CSc1n[nH]c(N=Cc2ccc(O)cc2)c1C#N. The van der Waals surface area contributed by atoms with Crippen molar-refractivity contribution < 1.29 is 5.11 Å². The number of H-pyrrole nitrogens is 1. The van der Waals surface area contributed by atoms with Crippen LogP contribution in [0.1, 0.15) is 11.1 Å². The largest absolute Gasteiger partial charge is 0.508 e. The summed E-state index contributed by atoms with van der Waals surface area (Å²) >= 11 is 1.39. The van der Waals surface area contributed by atoms with Crippen LogP contribution in [-0.4, -0.2) is 27.8 Å². The van der Waals surface area contributed by atoms with Crippen LogP contribution in [0.2, 0.25) is 0 Å². The maximum absolute atomic E-state index is 9.15. The average molecular weight is 258 g/mol. The number of hydrogen-bond acceptors (Lipinski definition) is 5. The number of nitrogens with one attached hydrogen (secondary N) is 1. The summed E-state index contributed by atoms with van der Waals surface area (Å²) in [6.07, 6.45) is 3.46. The Balaban J connectivity index is 2.26. The van der Waals surface area contributed by atoms with Crippen LogP contribution in [-0.2, 0) is 0 Å². The van der Waals surface area contributed by atoms with Gasteiger partial charge >= 0.3 is 0 Å². The van der Waals surface area contributed by atoms with Crippen molar-refractivity contribution in [3.8, 4) is 11.8 Å². The fourth-order valence-corrected chi connectivity index (χ4v) is 1.84. The van der Waals surface area contributed by atoms with Gasteiger partial charge in [-0.2, -0.15) is 10.4 Å². The summed E-state index contributed by atoms with van der Waals surface area (Å²) in [7, 11) is 0. The van der Waals surface area contributed by atoms with Gasteiger partial charge in [0.2, 0.25) is 0 Å². The summed E-state index contributed by atoms with van der Waals surface area (Å²) in [6.45, 7) is 0. The number of aliphatic imine (C=N–C) groups is 1. The molecule has 0 fully saturated rings. The Morgan fingerprint density at radius 3 is 2.78 bits per heavy atom. The van der Waals surface area contributed by atoms with Gasteiger partial charge in [-0.05, 0) is 36.1 Å². The molecule has 90 valence electrons. The lowest BCUT2D eigenvalue weighted by Crippen LogP contribution is -1.80. The van der Waals surface area contributed by atoms with E-state index in [9.17, 15) is 0 Å². The number of phenols is 1. The molecule has 0 amide bonds. The third kappa shape index (κ3) is 2.52. The van der Waals surface area contributed by atoms with Gasteiger partial charge in [0, 0.05) is 6.21 Å². The van der Waals surface area contributed by atoms with E-state index in [1.54, 1.807) is 30.5 Å². The first-order valence-electron chi connectivity index (χ1n) is 5.10. The topological polar surface area (TPSA) is 85.1 Å². The van der Waals surface area contributed by atoms with Gasteiger partial charge in [-0.15, -0.1) is 11.8 Å². The molecule has 0 radical (unpaired) electrons. The van der Waals surface area contributed by atoms with Crippen molar-refractivity contribution in [2.75, 3.05) is 6.26 Å². The Labute approximate surface area is 108 Å². The molecular formula is C12H10N4OS. The van der Waals surface area contributed by atoms with Gasteiger partial charge in [-0.25, -0.2) is 4.99 Å². The van der Waals surface area contributed by atoms with Gasteiger partial charge in [-0.3, -0.25) is 5.10 Å². The molecule has 0 spiro atoms. The van der Waals surface area contributed by atoms with Crippen molar-refractivity contribution in [1.29, 1.82) is 5.26 Å². The van der Waals surface area contributed by atoms with Gasteiger partial charge in [-0.1, -0.05) is 0 Å². The van der Waals surface area contributed by atoms with Gasteiger partial charge in [0.05, 0.1) is 0 Å². The van der Waals surface area contributed by atoms with E-state index in [0.717, 1.165) is 5.56 Å². The molecule has 2 aromatic rings. The molecule has 2 N–H and O–H groups in total.